The van der Waals surface area contributed by atoms with Crippen LogP contribution in [0.3, 0.4) is 0 Å². The SMILES string of the molecule is COc1ccc2ncc(=O)n(CCN[C@H]3CCC4[C@@H](C3)OC(=O)N4c3ccc4c(n3)NC(=O)CO4)c2n1. The van der Waals surface area contributed by atoms with Gasteiger partial charge in [0.05, 0.1) is 19.3 Å². The molecule has 3 aromatic heterocycles. The second-order valence-electron chi connectivity index (χ2n) is 9.12. The Bertz CT molecular complexity index is 1440. The minimum absolute atomic E-state index is 0.0599. The van der Waals surface area contributed by atoms with Crippen LogP contribution < -0.4 is 30.6 Å². The number of hydrogen-bond donors (Lipinski definition) is 2. The van der Waals surface area contributed by atoms with E-state index < -0.39 is 6.09 Å². The highest BCUT2D eigenvalue weighted by atomic mass is 16.6. The molecule has 0 radical (unpaired) electrons. The van der Waals surface area contributed by atoms with Gasteiger partial charge in [-0.15, -0.1) is 0 Å². The first-order valence-corrected chi connectivity index (χ1v) is 12.1. The van der Waals surface area contributed by atoms with Gasteiger partial charge in [-0.25, -0.2) is 14.8 Å². The summed E-state index contributed by atoms with van der Waals surface area (Å²) in [4.78, 5) is 51.4. The van der Waals surface area contributed by atoms with Crippen LogP contribution in [-0.4, -0.2) is 70.0 Å². The average Bonchev–Trinajstić information content (AvgIpc) is 3.24. The van der Waals surface area contributed by atoms with Gasteiger partial charge in [0, 0.05) is 31.6 Å². The molecular formula is C24H25N7O6. The number of carbonyl (C=O) groups is 2. The molecule has 2 amide bonds. The number of ether oxygens (including phenoxy) is 3. The van der Waals surface area contributed by atoms with Crippen molar-refractivity contribution in [2.45, 2.75) is 44.0 Å². The molecule has 5 heterocycles. The number of amides is 2. The second-order valence-corrected chi connectivity index (χ2v) is 9.12. The Morgan fingerprint density at radius 2 is 2.05 bits per heavy atom. The molecule has 3 aliphatic rings. The van der Waals surface area contributed by atoms with Gasteiger partial charge in [0.2, 0.25) is 5.88 Å². The van der Waals surface area contributed by atoms with Crippen molar-refractivity contribution in [1.82, 2.24) is 24.8 Å². The molecule has 0 spiro atoms. The minimum Gasteiger partial charge on any atom is -0.481 e. The third-order valence-corrected chi connectivity index (χ3v) is 6.89. The third-order valence-electron chi connectivity index (χ3n) is 6.89. The van der Waals surface area contributed by atoms with Crippen molar-refractivity contribution in [1.29, 1.82) is 0 Å². The average molecular weight is 508 g/mol. The molecule has 192 valence electrons. The van der Waals surface area contributed by atoms with Gasteiger partial charge < -0.3 is 24.8 Å². The lowest BCUT2D eigenvalue weighted by Gasteiger charge is -2.33. The molecule has 37 heavy (non-hydrogen) atoms. The van der Waals surface area contributed by atoms with Gasteiger partial charge in [-0.05, 0) is 31.0 Å². The number of anilines is 2. The fraction of sp³-hybridized carbons (Fsp3) is 0.417. The van der Waals surface area contributed by atoms with E-state index in [9.17, 15) is 14.4 Å². The summed E-state index contributed by atoms with van der Waals surface area (Å²) < 4.78 is 17.8. The van der Waals surface area contributed by atoms with E-state index in [1.807, 2.05) is 0 Å². The molecule has 2 N–H and O–H groups in total. The van der Waals surface area contributed by atoms with Crippen LogP contribution in [0.15, 0.2) is 35.3 Å². The first kappa shape index (κ1) is 23.2. The molecule has 2 fully saturated rings. The van der Waals surface area contributed by atoms with Crippen molar-refractivity contribution < 1.29 is 23.8 Å². The first-order valence-electron chi connectivity index (χ1n) is 12.1. The van der Waals surface area contributed by atoms with E-state index in [0.717, 1.165) is 6.42 Å². The van der Waals surface area contributed by atoms with E-state index in [0.29, 0.717) is 60.4 Å². The summed E-state index contributed by atoms with van der Waals surface area (Å²) in [7, 11) is 1.52. The fourth-order valence-corrected chi connectivity index (χ4v) is 5.13. The van der Waals surface area contributed by atoms with Gasteiger partial charge in [-0.3, -0.25) is 19.1 Å². The summed E-state index contributed by atoms with van der Waals surface area (Å²) in [6, 6.07) is 6.83. The van der Waals surface area contributed by atoms with Gasteiger partial charge in [-0.2, -0.15) is 4.98 Å². The van der Waals surface area contributed by atoms with Crippen LogP contribution in [0.5, 0.6) is 11.6 Å². The molecule has 0 bridgehead atoms. The minimum atomic E-state index is -0.457. The van der Waals surface area contributed by atoms with E-state index in [1.165, 1.54) is 13.3 Å². The number of rotatable bonds is 6. The number of aromatic nitrogens is 4. The molecule has 1 aliphatic carbocycles. The maximum absolute atomic E-state index is 12.8. The largest absolute Gasteiger partial charge is 0.481 e. The highest BCUT2D eigenvalue weighted by Gasteiger charge is 2.46. The van der Waals surface area contributed by atoms with Gasteiger partial charge in [0.15, 0.2) is 23.8 Å². The van der Waals surface area contributed by atoms with E-state index in [4.69, 9.17) is 14.2 Å². The number of methoxy groups -OCH3 is 1. The van der Waals surface area contributed by atoms with Crippen molar-refractivity contribution in [3.63, 3.8) is 0 Å². The van der Waals surface area contributed by atoms with Crippen LogP contribution in [0.1, 0.15) is 19.3 Å². The standard InChI is InChI=1S/C24H25N7O6/c1-35-20-7-3-14-23(29-20)30(21(33)11-26-14)9-8-25-13-2-4-15-17(10-13)37-24(34)31(15)18-6-5-16-22(27-18)28-19(32)12-36-16/h3,5-7,11,13,15,17,25H,2,4,8-10,12H2,1H3,(H,27,28,32)/t13-,15?,17+/m0/s1. The maximum Gasteiger partial charge on any atom is 0.416 e. The van der Waals surface area contributed by atoms with Crippen LogP contribution in [0, 0.1) is 0 Å². The van der Waals surface area contributed by atoms with Crippen LogP contribution in [-0.2, 0) is 16.1 Å². The molecule has 3 atom stereocenters. The second kappa shape index (κ2) is 9.32. The zero-order valence-electron chi connectivity index (χ0n) is 20.0. The number of pyridine rings is 2. The maximum atomic E-state index is 12.8. The van der Waals surface area contributed by atoms with Crippen molar-refractivity contribution in [2.75, 3.05) is 30.5 Å². The van der Waals surface area contributed by atoms with Gasteiger partial charge >= 0.3 is 6.09 Å². The molecule has 6 rings (SSSR count). The first-order chi connectivity index (χ1) is 18.0. The predicted molar refractivity (Wildman–Crippen MR) is 131 cm³/mol. The third kappa shape index (κ3) is 4.31. The van der Waals surface area contributed by atoms with Crippen molar-refractivity contribution in [2.24, 2.45) is 0 Å². The van der Waals surface area contributed by atoms with Crippen LogP contribution in [0.4, 0.5) is 16.4 Å². The normalized spacial score (nSPS) is 22.6. The molecule has 13 nitrogen and oxygen atoms in total. The molecule has 2 aliphatic heterocycles. The van der Waals surface area contributed by atoms with Crippen LogP contribution >= 0.6 is 0 Å². The number of fused-ring (bicyclic) bond motifs is 3. The van der Waals surface area contributed by atoms with E-state index in [2.05, 4.69) is 25.6 Å². The summed E-state index contributed by atoms with van der Waals surface area (Å²) in [5.41, 5.74) is 0.843. The van der Waals surface area contributed by atoms with Gasteiger partial charge in [-0.1, -0.05) is 0 Å². The van der Waals surface area contributed by atoms with Crippen LogP contribution in [0.2, 0.25) is 0 Å². The summed E-state index contributed by atoms with van der Waals surface area (Å²) in [5, 5.41) is 6.16. The fourth-order valence-electron chi connectivity index (χ4n) is 5.13. The van der Waals surface area contributed by atoms with Crippen molar-refractivity contribution >= 4 is 34.8 Å². The zero-order valence-corrected chi connectivity index (χ0v) is 20.0. The lowest BCUT2D eigenvalue weighted by molar-refractivity contribution is -0.118. The van der Waals surface area contributed by atoms with E-state index in [-0.39, 0.29) is 36.3 Å². The van der Waals surface area contributed by atoms with E-state index >= 15 is 0 Å². The Kier molecular flexibility index (Phi) is 5.83. The van der Waals surface area contributed by atoms with Gasteiger partial charge in [0.1, 0.15) is 17.4 Å². The quantitative estimate of drug-likeness (QED) is 0.496. The summed E-state index contributed by atoms with van der Waals surface area (Å²) in [6.07, 6.45) is 2.71. The monoisotopic (exact) mass is 507 g/mol. The molecule has 13 heteroatoms. The number of nitrogens with zero attached hydrogens (tertiary/aromatic N) is 5. The highest BCUT2D eigenvalue weighted by Crippen LogP contribution is 2.37. The lowest BCUT2D eigenvalue weighted by Crippen LogP contribution is -2.46. The Labute approximate surface area is 210 Å². The molecule has 1 unspecified atom stereocenters. The topological polar surface area (TPSA) is 150 Å². The van der Waals surface area contributed by atoms with Crippen molar-refractivity contribution in [3.05, 3.63) is 40.8 Å². The summed E-state index contributed by atoms with van der Waals surface area (Å²) in [5.74, 6) is 1.31. The number of carbonyl (C=O) groups excluding carboxylic acids is 2. The Hall–Kier alpha value is -4.26. The summed E-state index contributed by atoms with van der Waals surface area (Å²) in [6.45, 7) is 0.876. The molecule has 1 saturated heterocycles. The predicted octanol–water partition coefficient (Wildman–Crippen LogP) is 1.06. The smallest absolute Gasteiger partial charge is 0.416 e. The summed E-state index contributed by atoms with van der Waals surface area (Å²) >= 11 is 0. The Morgan fingerprint density at radius 3 is 2.92 bits per heavy atom. The molecular weight excluding hydrogens is 482 g/mol. The molecule has 3 aromatic rings. The van der Waals surface area contributed by atoms with Gasteiger partial charge in [0.25, 0.3) is 11.5 Å². The molecule has 0 aromatic carbocycles. The zero-order chi connectivity index (χ0) is 25.5. The van der Waals surface area contributed by atoms with Crippen LogP contribution in [0.25, 0.3) is 11.2 Å². The molecule has 1 saturated carbocycles. The number of nitrogens with one attached hydrogen (secondary N) is 2. The van der Waals surface area contributed by atoms with E-state index in [1.54, 1.807) is 33.7 Å². The van der Waals surface area contributed by atoms with Crippen molar-refractivity contribution in [3.8, 4) is 11.6 Å². The number of hydrogen-bond acceptors (Lipinski definition) is 10. The Morgan fingerprint density at radius 1 is 1.16 bits per heavy atom. The highest BCUT2D eigenvalue weighted by molar-refractivity contribution is 5.95. The Balaban J connectivity index is 1.11. The lowest BCUT2D eigenvalue weighted by atomic mass is 9.88.